The lowest BCUT2D eigenvalue weighted by atomic mass is 9.91. The Hall–Kier alpha value is -5.21. The molecule has 50 heavy (non-hydrogen) atoms. The van der Waals surface area contributed by atoms with Gasteiger partial charge in [0.2, 0.25) is 5.91 Å². The molecule has 2 saturated heterocycles. The number of nitrogens with zero attached hydrogens (tertiary/aromatic N) is 6. The molecule has 14 nitrogen and oxygen atoms in total. The Morgan fingerprint density at radius 3 is 2.56 bits per heavy atom. The number of para-hydroxylation sites is 1. The maximum Gasteiger partial charge on any atom is 0.272 e. The van der Waals surface area contributed by atoms with E-state index in [2.05, 4.69) is 50.1 Å². The third kappa shape index (κ3) is 5.87. The highest BCUT2D eigenvalue weighted by molar-refractivity contribution is 6.02. The van der Waals surface area contributed by atoms with Gasteiger partial charge >= 0.3 is 0 Å². The number of hydrogen-bond acceptors (Lipinski definition) is 9. The van der Waals surface area contributed by atoms with Crippen molar-refractivity contribution in [2.24, 2.45) is 11.7 Å². The summed E-state index contributed by atoms with van der Waals surface area (Å²) in [5.41, 5.74) is 12.9. The van der Waals surface area contributed by atoms with Crippen LogP contribution in [0.3, 0.4) is 0 Å². The van der Waals surface area contributed by atoms with E-state index in [1.54, 1.807) is 17.0 Å². The van der Waals surface area contributed by atoms with Crippen LogP contribution in [0.15, 0.2) is 48.7 Å². The topological polar surface area (TPSA) is 167 Å². The normalized spacial score (nSPS) is 19.0. The van der Waals surface area contributed by atoms with E-state index in [0.717, 1.165) is 60.5 Å². The van der Waals surface area contributed by atoms with Crippen molar-refractivity contribution in [3.63, 3.8) is 0 Å². The maximum atomic E-state index is 13.0. The van der Waals surface area contributed by atoms with Gasteiger partial charge in [-0.3, -0.25) is 24.0 Å². The lowest BCUT2D eigenvalue weighted by molar-refractivity contribution is -0.117. The number of H-pyrrole nitrogens is 1. The van der Waals surface area contributed by atoms with Crippen LogP contribution in [0.5, 0.6) is 0 Å². The van der Waals surface area contributed by atoms with Crippen molar-refractivity contribution in [3.05, 3.63) is 71.4 Å². The summed E-state index contributed by atoms with van der Waals surface area (Å²) >= 11 is 0. The Labute approximate surface area is 290 Å². The number of pyridine rings is 1. The first kappa shape index (κ1) is 32.0. The minimum Gasteiger partial charge on any atom is -0.378 e. The molecule has 6 heterocycles. The highest BCUT2D eigenvalue weighted by Gasteiger charge is 2.38. The predicted octanol–water partition coefficient (Wildman–Crippen LogP) is 3.89. The molecule has 1 aliphatic carbocycles. The van der Waals surface area contributed by atoms with Crippen molar-refractivity contribution in [2.45, 2.75) is 44.8 Å². The van der Waals surface area contributed by atoms with Gasteiger partial charge in [-0.2, -0.15) is 5.10 Å². The summed E-state index contributed by atoms with van der Waals surface area (Å²) in [5, 5.41) is 11.3. The van der Waals surface area contributed by atoms with Gasteiger partial charge in [0.05, 0.1) is 59.9 Å². The number of fused-ring (bicyclic) bond motifs is 3. The summed E-state index contributed by atoms with van der Waals surface area (Å²) < 4.78 is 7.58. The van der Waals surface area contributed by atoms with E-state index >= 15 is 0 Å². The van der Waals surface area contributed by atoms with E-state index in [0.29, 0.717) is 50.0 Å². The molecule has 4 aliphatic rings. The van der Waals surface area contributed by atoms with Gasteiger partial charge in [-0.1, -0.05) is 25.1 Å². The van der Waals surface area contributed by atoms with Gasteiger partial charge in [0.1, 0.15) is 17.2 Å². The number of ether oxygens (including phenoxy) is 1. The summed E-state index contributed by atoms with van der Waals surface area (Å²) in [7, 11) is 2.09. The number of morpholine rings is 1. The Morgan fingerprint density at radius 1 is 1.04 bits per heavy atom. The van der Waals surface area contributed by atoms with Crippen LogP contribution in [0.2, 0.25) is 0 Å². The number of benzene rings is 1. The van der Waals surface area contributed by atoms with Crippen LogP contribution in [-0.2, 0) is 16.1 Å². The van der Waals surface area contributed by atoms with Gasteiger partial charge in [-0.05, 0) is 37.5 Å². The Kier molecular flexibility index (Phi) is 8.27. The molecular weight excluding hydrogens is 636 g/mol. The lowest BCUT2D eigenvalue weighted by Crippen LogP contribution is -2.48. The number of carbonyl (C=O) groups excluding carboxylic acids is 3. The van der Waals surface area contributed by atoms with E-state index in [1.165, 1.54) is 5.69 Å². The largest absolute Gasteiger partial charge is 0.378 e. The molecule has 3 fully saturated rings. The van der Waals surface area contributed by atoms with Crippen molar-refractivity contribution in [2.75, 3.05) is 62.0 Å². The number of anilines is 4. The van der Waals surface area contributed by atoms with E-state index < -0.39 is 5.91 Å². The number of nitrogens with two attached hydrogens (primary N) is 1. The lowest BCUT2D eigenvalue weighted by Gasteiger charge is -2.43. The smallest absolute Gasteiger partial charge is 0.272 e. The number of aromatic nitrogens is 4. The molecule has 4 aromatic rings. The third-order valence-corrected chi connectivity index (χ3v) is 10.2. The second-order valence-corrected chi connectivity index (χ2v) is 13.6. The molecule has 260 valence electrons. The minimum absolute atomic E-state index is 0.0254. The van der Waals surface area contributed by atoms with Crippen LogP contribution in [-0.4, -0.2) is 93.7 Å². The third-order valence-electron chi connectivity index (χ3n) is 10.2. The van der Waals surface area contributed by atoms with Crippen LogP contribution >= 0.6 is 0 Å². The molecule has 0 bridgehead atoms. The first-order chi connectivity index (χ1) is 24.3. The van der Waals surface area contributed by atoms with Crippen molar-refractivity contribution in [1.29, 1.82) is 0 Å². The van der Waals surface area contributed by atoms with Crippen LogP contribution in [0.1, 0.15) is 70.6 Å². The standard InChI is InChI=1S/C36H42N10O4/c1-3-29-33-25(17-38-46(33)23-19-44(20-23)18-22-6-4-9-27(39-22)36(49)45-12-14-50-15-13-45)24-7-5-8-26(32(24)43(29)2)40-28-16-30(41-31(28)34(37)47)42-35(48)21-10-11-21/h4-9,16-17,21,23,29,40-41H,3,10-15,18-20H2,1-2H3,(H2,37,47)(H,42,48)/t29-/m0/s1. The summed E-state index contributed by atoms with van der Waals surface area (Å²) in [6.45, 7) is 6.80. The molecule has 0 unspecified atom stereocenters. The number of carbonyl (C=O) groups is 3. The van der Waals surface area contributed by atoms with Crippen LogP contribution in [0.4, 0.5) is 22.9 Å². The van der Waals surface area contributed by atoms with Gasteiger partial charge in [-0.15, -0.1) is 0 Å². The van der Waals surface area contributed by atoms with Gasteiger partial charge in [0, 0.05) is 62.9 Å². The fourth-order valence-electron chi connectivity index (χ4n) is 7.46. The monoisotopic (exact) mass is 678 g/mol. The minimum atomic E-state index is -0.618. The number of amides is 3. The molecule has 14 heteroatoms. The first-order valence-corrected chi connectivity index (χ1v) is 17.4. The molecule has 1 aromatic carbocycles. The molecule has 3 aliphatic heterocycles. The Bertz CT molecular complexity index is 1950. The average molecular weight is 679 g/mol. The zero-order valence-electron chi connectivity index (χ0n) is 28.3. The number of rotatable bonds is 10. The number of hydrogen-bond donors (Lipinski definition) is 4. The summed E-state index contributed by atoms with van der Waals surface area (Å²) in [4.78, 5) is 51.9. The summed E-state index contributed by atoms with van der Waals surface area (Å²) in [6.07, 6.45) is 4.59. The highest BCUT2D eigenvalue weighted by Crippen LogP contribution is 2.50. The van der Waals surface area contributed by atoms with Gasteiger partial charge in [0.25, 0.3) is 11.8 Å². The summed E-state index contributed by atoms with van der Waals surface area (Å²) in [5.74, 6) is -0.260. The molecule has 3 aromatic heterocycles. The van der Waals surface area contributed by atoms with Gasteiger partial charge in [-0.25, -0.2) is 4.98 Å². The Morgan fingerprint density at radius 2 is 1.82 bits per heavy atom. The number of aromatic amines is 1. The molecule has 1 atom stereocenters. The van der Waals surface area contributed by atoms with Gasteiger partial charge in [0.15, 0.2) is 0 Å². The highest BCUT2D eigenvalue weighted by atomic mass is 16.5. The fraction of sp³-hybridized carbons (Fsp3) is 0.417. The maximum absolute atomic E-state index is 13.0. The molecule has 1 saturated carbocycles. The number of likely N-dealkylation sites (tertiary alicyclic amines) is 1. The molecular formula is C36H42N10O4. The van der Waals surface area contributed by atoms with E-state index in [-0.39, 0.29) is 35.5 Å². The molecule has 0 radical (unpaired) electrons. The first-order valence-electron chi connectivity index (χ1n) is 17.4. The van der Waals surface area contributed by atoms with Crippen molar-refractivity contribution in [1.82, 2.24) is 29.5 Å². The molecule has 0 spiro atoms. The zero-order valence-corrected chi connectivity index (χ0v) is 28.3. The van der Waals surface area contributed by atoms with Crippen LogP contribution in [0.25, 0.3) is 11.1 Å². The van der Waals surface area contributed by atoms with Crippen LogP contribution in [0, 0.1) is 5.92 Å². The predicted molar refractivity (Wildman–Crippen MR) is 188 cm³/mol. The second-order valence-electron chi connectivity index (χ2n) is 13.6. The number of nitrogens with one attached hydrogen (secondary N) is 3. The van der Waals surface area contributed by atoms with Crippen molar-refractivity contribution in [3.8, 4) is 11.1 Å². The van der Waals surface area contributed by atoms with Gasteiger partial charge < -0.3 is 35.9 Å². The van der Waals surface area contributed by atoms with E-state index in [1.807, 2.05) is 30.5 Å². The second kappa shape index (κ2) is 12.9. The summed E-state index contributed by atoms with van der Waals surface area (Å²) in [6, 6.07) is 13.8. The molecule has 3 amide bonds. The Balaban J connectivity index is 1.00. The average Bonchev–Trinajstić information content (AvgIpc) is 3.76. The quantitative estimate of drug-likeness (QED) is 0.195. The number of primary amides is 1. The molecule has 5 N–H and O–H groups in total. The van der Waals surface area contributed by atoms with Crippen molar-refractivity contribution < 1.29 is 19.1 Å². The van der Waals surface area contributed by atoms with E-state index in [4.69, 9.17) is 20.6 Å². The molecule has 8 rings (SSSR count). The fourth-order valence-corrected chi connectivity index (χ4v) is 7.46. The van der Waals surface area contributed by atoms with Crippen LogP contribution < -0.4 is 21.3 Å². The zero-order chi connectivity index (χ0) is 34.5. The van der Waals surface area contributed by atoms with Crippen molar-refractivity contribution >= 4 is 40.6 Å². The van der Waals surface area contributed by atoms with E-state index in [9.17, 15) is 14.4 Å². The SMILES string of the molecule is CC[C@H]1c2c(cnn2C2CN(Cc3cccc(C(=O)N4CCOCC4)n3)C2)-c2cccc(Nc3cc(NC(=O)C4CC4)[nH]c3C(N)=O)c2N1C.